The number of nitrogens with zero attached hydrogens (tertiary/aromatic N) is 3. The number of hydrogen-bond acceptors (Lipinski definition) is 6. The van der Waals surface area contributed by atoms with Crippen LogP contribution in [0.15, 0.2) is 28.8 Å². The van der Waals surface area contributed by atoms with Gasteiger partial charge in [-0.05, 0) is 12.5 Å². The van der Waals surface area contributed by atoms with Gasteiger partial charge in [-0.3, -0.25) is 10.1 Å². The maximum Gasteiger partial charge on any atom is 0.321 e. The summed E-state index contributed by atoms with van der Waals surface area (Å²) in [4.78, 5) is 14.0. The lowest BCUT2D eigenvalue weighted by Gasteiger charge is -2.00. The van der Waals surface area contributed by atoms with E-state index < -0.39 is 4.92 Å². The topological polar surface area (TPSA) is 94.1 Å². The number of nitro groups is 1. The fourth-order valence-electron chi connectivity index (χ4n) is 1.28. The van der Waals surface area contributed by atoms with Crippen LogP contribution in [0.2, 0.25) is 0 Å². The number of benzene rings is 1. The van der Waals surface area contributed by atoms with Gasteiger partial charge in [0.05, 0.1) is 4.92 Å². The fraction of sp³-hybridized carbons (Fsp3) is 0.200. The van der Waals surface area contributed by atoms with Crippen molar-refractivity contribution in [2.75, 3.05) is 5.32 Å². The molecule has 1 aromatic carbocycles. The van der Waals surface area contributed by atoms with Crippen molar-refractivity contribution in [3.05, 3.63) is 45.8 Å². The molecule has 0 amide bonds. The summed E-state index contributed by atoms with van der Waals surface area (Å²) in [5.41, 5.74) is 0.967. The molecule has 1 aromatic heterocycles. The molecule has 0 saturated heterocycles. The van der Waals surface area contributed by atoms with Gasteiger partial charge in [0.1, 0.15) is 0 Å². The van der Waals surface area contributed by atoms with Crippen LogP contribution in [-0.2, 0) is 6.54 Å². The molecule has 1 N–H and O–H groups in total. The van der Waals surface area contributed by atoms with Crippen molar-refractivity contribution in [2.24, 2.45) is 0 Å². The monoisotopic (exact) mass is 234 g/mol. The Morgan fingerprint density at radius 3 is 2.65 bits per heavy atom. The molecule has 0 fully saturated rings. The predicted molar refractivity (Wildman–Crippen MR) is 59.5 cm³/mol. The number of aromatic nitrogens is 2. The molecule has 0 unspecified atom stereocenters. The van der Waals surface area contributed by atoms with Gasteiger partial charge >= 0.3 is 6.01 Å². The Hall–Kier alpha value is -2.44. The van der Waals surface area contributed by atoms with E-state index in [2.05, 4.69) is 15.5 Å². The first-order chi connectivity index (χ1) is 8.15. The van der Waals surface area contributed by atoms with Crippen LogP contribution in [0.3, 0.4) is 0 Å². The van der Waals surface area contributed by atoms with Crippen LogP contribution in [0.4, 0.5) is 11.7 Å². The zero-order chi connectivity index (χ0) is 12.3. The second kappa shape index (κ2) is 4.60. The molecule has 0 radical (unpaired) electrons. The molecule has 0 atom stereocenters. The van der Waals surface area contributed by atoms with Gasteiger partial charge in [-0.25, -0.2) is 0 Å². The molecule has 2 aromatic rings. The van der Waals surface area contributed by atoms with Crippen molar-refractivity contribution >= 4 is 11.7 Å². The van der Waals surface area contributed by atoms with Crippen LogP contribution < -0.4 is 5.32 Å². The Morgan fingerprint density at radius 2 is 2.12 bits per heavy atom. The quantitative estimate of drug-likeness (QED) is 0.641. The second-order valence-corrected chi connectivity index (χ2v) is 3.42. The van der Waals surface area contributed by atoms with E-state index >= 15 is 0 Å². The molecule has 1 heterocycles. The summed E-state index contributed by atoms with van der Waals surface area (Å²) in [6, 6.07) is 6.59. The number of anilines is 1. The standard InChI is InChI=1S/C10H10N4O3/c1-7-12-10(17-13-7)11-6-8-2-4-9(5-3-8)14(15)16/h2-5H,6H2,1H3,(H,11,12,13). The van der Waals surface area contributed by atoms with E-state index in [1.807, 2.05) is 0 Å². The molecule has 2 rings (SSSR count). The van der Waals surface area contributed by atoms with Crippen LogP contribution in [0.25, 0.3) is 0 Å². The van der Waals surface area contributed by atoms with Gasteiger partial charge in [0.2, 0.25) is 0 Å². The van der Waals surface area contributed by atoms with Gasteiger partial charge < -0.3 is 9.84 Å². The van der Waals surface area contributed by atoms with Crippen LogP contribution in [-0.4, -0.2) is 15.1 Å². The van der Waals surface area contributed by atoms with Crippen molar-refractivity contribution in [1.82, 2.24) is 10.1 Å². The molecule has 7 heteroatoms. The summed E-state index contributed by atoms with van der Waals surface area (Å²) in [6.45, 7) is 2.19. The molecule has 88 valence electrons. The highest BCUT2D eigenvalue weighted by Gasteiger charge is 2.05. The van der Waals surface area contributed by atoms with E-state index in [0.717, 1.165) is 5.56 Å². The zero-order valence-electron chi connectivity index (χ0n) is 9.08. The summed E-state index contributed by atoms with van der Waals surface area (Å²) >= 11 is 0. The summed E-state index contributed by atoms with van der Waals surface area (Å²) in [5, 5.41) is 17.0. The molecule has 0 spiro atoms. The van der Waals surface area contributed by atoms with Crippen molar-refractivity contribution < 1.29 is 9.45 Å². The Labute approximate surface area is 96.6 Å². The van der Waals surface area contributed by atoms with E-state index in [-0.39, 0.29) is 5.69 Å². The fourth-order valence-corrected chi connectivity index (χ4v) is 1.28. The lowest BCUT2D eigenvalue weighted by molar-refractivity contribution is -0.384. The molecular weight excluding hydrogens is 224 g/mol. The highest BCUT2D eigenvalue weighted by Crippen LogP contribution is 2.13. The maximum absolute atomic E-state index is 10.5. The van der Waals surface area contributed by atoms with Crippen molar-refractivity contribution in [2.45, 2.75) is 13.5 Å². The summed E-state index contributed by atoms with van der Waals surface area (Å²) in [6.07, 6.45) is 0. The molecule has 0 aliphatic heterocycles. The highest BCUT2D eigenvalue weighted by molar-refractivity contribution is 5.34. The smallest absolute Gasteiger partial charge is 0.321 e. The second-order valence-electron chi connectivity index (χ2n) is 3.42. The van der Waals surface area contributed by atoms with Crippen LogP contribution >= 0.6 is 0 Å². The number of nitro benzene ring substituents is 1. The summed E-state index contributed by atoms with van der Waals surface area (Å²) < 4.78 is 4.87. The minimum absolute atomic E-state index is 0.0717. The first-order valence-corrected chi connectivity index (χ1v) is 4.92. The Balaban J connectivity index is 1.97. The van der Waals surface area contributed by atoms with Crippen molar-refractivity contribution in [3.8, 4) is 0 Å². The highest BCUT2D eigenvalue weighted by atomic mass is 16.6. The van der Waals surface area contributed by atoms with E-state index in [9.17, 15) is 10.1 Å². The molecule has 0 aliphatic rings. The number of non-ortho nitro benzene ring substituents is 1. The van der Waals surface area contributed by atoms with Gasteiger partial charge in [-0.15, -0.1) is 0 Å². The number of aryl methyl sites for hydroxylation is 1. The van der Waals surface area contributed by atoms with Gasteiger partial charge in [0.15, 0.2) is 5.82 Å². The first kappa shape index (κ1) is 11.1. The van der Waals surface area contributed by atoms with Crippen LogP contribution in [0.1, 0.15) is 11.4 Å². The molecule has 17 heavy (non-hydrogen) atoms. The maximum atomic E-state index is 10.5. The normalized spacial score (nSPS) is 10.2. The minimum Gasteiger partial charge on any atom is -0.334 e. The van der Waals surface area contributed by atoms with Gasteiger partial charge in [-0.2, -0.15) is 4.98 Å². The minimum atomic E-state index is -0.432. The number of hydrogen-bond donors (Lipinski definition) is 1. The lowest BCUT2D eigenvalue weighted by Crippen LogP contribution is -1.99. The molecule has 7 nitrogen and oxygen atoms in total. The van der Waals surface area contributed by atoms with E-state index in [0.29, 0.717) is 18.4 Å². The van der Waals surface area contributed by atoms with E-state index in [1.54, 1.807) is 19.1 Å². The number of rotatable bonds is 4. The molecule has 0 aliphatic carbocycles. The first-order valence-electron chi connectivity index (χ1n) is 4.92. The van der Waals surface area contributed by atoms with Gasteiger partial charge in [0.25, 0.3) is 5.69 Å². The third-order valence-electron chi connectivity index (χ3n) is 2.12. The predicted octanol–water partition coefficient (Wildman–Crippen LogP) is 1.90. The van der Waals surface area contributed by atoms with Crippen molar-refractivity contribution in [3.63, 3.8) is 0 Å². The summed E-state index contributed by atoms with van der Waals surface area (Å²) in [5.74, 6) is 0.552. The third kappa shape index (κ3) is 2.77. The molecule has 0 bridgehead atoms. The lowest BCUT2D eigenvalue weighted by atomic mass is 10.2. The molecular formula is C10H10N4O3. The van der Waals surface area contributed by atoms with Crippen LogP contribution in [0, 0.1) is 17.0 Å². The third-order valence-corrected chi connectivity index (χ3v) is 2.12. The zero-order valence-corrected chi connectivity index (χ0v) is 9.08. The average molecular weight is 234 g/mol. The van der Waals surface area contributed by atoms with Gasteiger partial charge in [-0.1, -0.05) is 17.3 Å². The Kier molecular flexibility index (Phi) is 2.99. The largest absolute Gasteiger partial charge is 0.334 e. The van der Waals surface area contributed by atoms with Crippen molar-refractivity contribution in [1.29, 1.82) is 0 Å². The molecule has 0 saturated carbocycles. The van der Waals surface area contributed by atoms with E-state index in [4.69, 9.17) is 4.52 Å². The average Bonchev–Trinajstić information content (AvgIpc) is 2.73. The van der Waals surface area contributed by atoms with E-state index in [1.165, 1.54) is 12.1 Å². The SMILES string of the molecule is Cc1noc(NCc2ccc([N+](=O)[O-])cc2)n1. The van der Waals surface area contributed by atoms with Gasteiger partial charge in [0, 0.05) is 18.7 Å². The number of nitrogens with one attached hydrogen (secondary N) is 1. The van der Waals surface area contributed by atoms with Crippen LogP contribution in [0.5, 0.6) is 0 Å². The Bertz CT molecular complexity index is 521. The summed E-state index contributed by atoms with van der Waals surface area (Å²) in [7, 11) is 0. The Morgan fingerprint density at radius 1 is 1.41 bits per heavy atom.